The Morgan fingerprint density at radius 1 is 1.05 bits per heavy atom. The molecule has 5 nitrogen and oxygen atoms in total. The molecule has 3 rings (SSSR count). The van der Waals surface area contributed by atoms with Crippen LogP contribution >= 0.6 is 34.8 Å². The Kier molecular flexibility index (Phi) is 3.33. The maximum Gasteiger partial charge on any atom is 0.250 e. The average Bonchev–Trinajstić information content (AvgIpc) is 2.74. The highest BCUT2D eigenvalue weighted by Crippen LogP contribution is 2.36. The average molecular weight is 332 g/mol. The van der Waals surface area contributed by atoms with Gasteiger partial charge in [-0.2, -0.15) is 0 Å². The van der Waals surface area contributed by atoms with Gasteiger partial charge in [-0.05, 0) is 23.1 Å². The van der Waals surface area contributed by atoms with Crippen molar-refractivity contribution in [1.29, 1.82) is 0 Å². The molecule has 102 valence electrons. The van der Waals surface area contributed by atoms with Crippen molar-refractivity contribution in [3.63, 3.8) is 0 Å². The smallest absolute Gasteiger partial charge is 0.250 e. The Morgan fingerprint density at radius 2 is 1.80 bits per heavy atom. The van der Waals surface area contributed by atoms with E-state index in [-0.39, 0.29) is 21.2 Å². The van der Waals surface area contributed by atoms with Crippen LogP contribution in [0.15, 0.2) is 35.0 Å². The number of ether oxygens (including phenoxy) is 1. The van der Waals surface area contributed by atoms with E-state index in [2.05, 4.69) is 9.79 Å². The van der Waals surface area contributed by atoms with Crippen molar-refractivity contribution in [2.45, 2.75) is 0 Å². The van der Waals surface area contributed by atoms with Gasteiger partial charge in [-0.15, -0.1) is 0 Å². The van der Waals surface area contributed by atoms with E-state index in [1.165, 1.54) is 18.2 Å². The summed E-state index contributed by atoms with van der Waals surface area (Å²) >= 11 is 17.9. The topological polar surface area (TPSA) is 62.2 Å². The van der Waals surface area contributed by atoms with Crippen molar-refractivity contribution < 1.29 is 14.3 Å². The molecule has 20 heavy (non-hydrogen) atoms. The van der Waals surface area contributed by atoms with E-state index in [9.17, 15) is 5.21 Å². The fourth-order valence-electron chi connectivity index (χ4n) is 1.63. The third-order valence-corrected chi connectivity index (χ3v) is 3.38. The molecule has 0 fully saturated rings. The number of hydrogen-bond donors (Lipinski definition) is 0. The number of aromatic nitrogens is 2. The second-order valence-electron chi connectivity index (χ2n) is 3.88. The van der Waals surface area contributed by atoms with E-state index in [4.69, 9.17) is 39.5 Å². The fourth-order valence-corrected chi connectivity index (χ4v) is 2.27. The summed E-state index contributed by atoms with van der Waals surface area (Å²) in [5, 5.41) is 16.0. The molecule has 0 aliphatic rings. The fraction of sp³-hybridized carbons (Fsp3) is 0. The maximum atomic E-state index is 11.4. The van der Waals surface area contributed by atoms with Gasteiger partial charge in [-0.25, -0.2) is 0 Å². The highest BCUT2D eigenvalue weighted by Gasteiger charge is 2.16. The summed E-state index contributed by atoms with van der Waals surface area (Å²) in [5.41, 5.74) is 0.536. The van der Waals surface area contributed by atoms with Crippen LogP contribution in [0.25, 0.3) is 11.0 Å². The van der Waals surface area contributed by atoms with Gasteiger partial charge >= 0.3 is 0 Å². The van der Waals surface area contributed by atoms with Crippen LogP contribution in [0.2, 0.25) is 15.1 Å². The molecule has 0 saturated carbocycles. The number of fused-ring (bicyclic) bond motifs is 1. The van der Waals surface area contributed by atoms with E-state index >= 15 is 0 Å². The lowest BCUT2D eigenvalue weighted by Gasteiger charge is -2.08. The van der Waals surface area contributed by atoms with Gasteiger partial charge in [0, 0.05) is 22.3 Å². The second-order valence-corrected chi connectivity index (χ2v) is 5.13. The van der Waals surface area contributed by atoms with Crippen molar-refractivity contribution in [2.75, 3.05) is 0 Å². The van der Waals surface area contributed by atoms with Crippen LogP contribution in [-0.4, -0.2) is 5.16 Å². The lowest BCUT2D eigenvalue weighted by molar-refractivity contribution is -0.782. The molecule has 0 aliphatic heterocycles. The van der Waals surface area contributed by atoms with Crippen LogP contribution in [0, 0.1) is 5.21 Å². The summed E-state index contributed by atoms with van der Waals surface area (Å²) < 4.78 is 10.1. The molecule has 3 aromatic rings. The van der Waals surface area contributed by atoms with E-state index < -0.39 is 0 Å². The maximum absolute atomic E-state index is 11.4. The van der Waals surface area contributed by atoms with Gasteiger partial charge in [0.15, 0.2) is 5.75 Å². The lowest BCUT2D eigenvalue weighted by atomic mass is 10.3. The summed E-state index contributed by atoms with van der Waals surface area (Å²) in [6.45, 7) is 0. The summed E-state index contributed by atoms with van der Waals surface area (Å²) in [4.78, 5) is 0.266. The molecule has 0 saturated heterocycles. The second kappa shape index (κ2) is 5.01. The van der Waals surface area contributed by atoms with Gasteiger partial charge in [0.1, 0.15) is 5.75 Å². The minimum atomic E-state index is 0.203. The molecule has 0 spiro atoms. The van der Waals surface area contributed by atoms with E-state index in [0.29, 0.717) is 21.3 Å². The SMILES string of the molecule is [O-][n+]1onc2cc(Cl)c(Oc3ccc(Cl)cc3Cl)cc21. The van der Waals surface area contributed by atoms with Crippen LogP contribution in [0.4, 0.5) is 0 Å². The normalized spacial score (nSPS) is 10.9. The number of halogens is 3. The van der Waals surface area contributed by atoms with Crippen LogP contribution in [0.1, 0.15) is 0 Å². The van der Waals surface area contributed by atoms with E-state index in [0.717, 1.165) is 0 Å². The first kappa shape index (κ1) is 13.3. The Balaban J connectivity index is 2.05. The monoisotopic (exact) mass is 330 g/mol. The first-order chi connectivity index (χ1) is 9.54. The summed E-state index contributed by atoms with van der Waals surface area (Å²) in [5.74, 6) is 0.627. The van der Waals surface area contributed by atoms with Crippen LogP contribution < -0.4 is 9.64 Å². The van der Waals surface area contributed by atoms with Crippen LogP contribution in [0.5, 0.6) is 11.5 Å². The summed E-state index contributed by atoms with van der Waals surface area (Å²) in [7, 11) is 0. The molecule has 1 aromatic heterocycles. The Morgan fingerprint density at radius 3 is 2.55 bits per heavy atom. The number of nitrogens with zero attached hydrogens (tertiary/aromatic N) is 2. The molecule has 0 unspecified atom stereocenters. The molecule has 2 aromatic carbocycles. The molecule has 0 radical (unpaired) electrons. The molecule has 0 amide bonds. The quantitative estimate of drug-likeness (QED) is 0.660. The zero-order chi connectivity index (χ0) is 14.3. The van der Waals surface area contributed by atoms with Crippen molar-refractivity contribution in [2.24, 2.45) is 0 Å². The molecular weight excluding hydrogens is 327 g/mol. The van der Waals surface area contributed by atoms with Gasteiger partial charge < -0.3 is 9.94 Å². The van der Waals surface area contributed by atoms with Gasteiger partial charge in [-0.1, -0.05) is 34.8 Å². The minimum absolute atomic E-state index is 0.203. The zero-order valence-corrected chi connectivity index (χ0v) is 11.9. The molecule has 8 heteroatoms. The van der Waals surface area contributed by atoms with E-state index in [1.54, 1.807) is 12.1 Å². The number of rotatable bonds is 2. The Hall–Kier alpha value is -1.69. The van der Waals surface area contributed by atoms with Crippen molar-refractivity contribution in [3.8, 4) is 11.5 Å². The summed E-state index contributed by atoms with van der Waals surface area (Å²) in [6, 6.07) is 7.66. The van der Waals surface area contributed by atoms with Gasteiger partial charge in [0.05, 0.1) is 10.0 Å². The third-order valence-electron chi connectivity index (χ3n) is 2.55. The predicted molar refractivity (Wildman–Crippen MR) is 74.5 cm³/mol. The zero-order valence-electron chi connectivity index (χ0n) is 9.64. The molecular formula is C12H5Cl3N2O3. The highest BCUT2D eigenvalue weighted by atomic mass is 35.5. The van der Waals surface area contributed by atoms with Crippen molar-refractivity contribution >= 4 is 45.8 Å². The van der Waals surface area contributed by atoms with Crippen LogP contribution in [-0.2, 0) is 0 Å². The molecule has 1 heterocycles. The van der Waals surface area contributed by atoms with Crippen molar-refractivity contribution in [3.05, 3.63) is 50.6 Å². The highest BCUT2D eigenvalue weighted by molar-refractivity contribution is 6.35. The molecule has 0 N–H and O–H groups in total. The standard InChI is InChI=1S/C12H5Cl3N2O3/c13-6-1-2-11(7(14)3-6)19-12-5-10-9(4-8(12)15)16-20-17(10)18/h1-5H. The minimum Gasteiger partial charge on any atom is -0.454 e. The Labute approximate surface area is 127 Å². The first-order valence-corrected chi connectivity index (χ1v) is 6.50. The van der Waals surface area contributed by atoms with Gasteiger partial charge in [0.2, 0.25) is 11.0 Å². The van der Waals surface area contributed by atoms with Crippen LogP contribution in [0.3, 0.4) is 0 Å². The largest absolute Gasteiger partial charge is 0.454 e. The number of benzene rings is 2. The molecule has 0 atom stereocenters. The van der Waals surface area contributed by atoms with Gasteiger partial charge in [0.25, 0.3) is 0 Å². The van der Waals surface area contributed by atoms with E-state index in [1.807, 2.05) is 0 Å². The van der Waals surface area contributed by atoms with Crippen molar-refractivity contribution in [1.82, 2.24) is 5.16 Å². The third kappa shape index (κ3) is 2.35. The molecule has 0 aliphatic carbocycles. The lowest BCUT2D eigenvalue weighted by Crippen LogP contribution is -2.22. The molecule has 0 bridgehead atoms. The number of hydrogen-bond acceptors (Lipinski definition) is 4. The summed E-state index contributed by atoms with van der Waals surface area (Å²) in [6.07, 6.45) is 0. The van der Waals surface area contributed by atoms with Gasteiger partial charge in [-0.3, -0.25) is 4.63 Å². The Bertz CT molecular complexity index is 804. The predicted octanol–water partition coefficient (Wildman–Crippen LogP) is 4.21. The first-order valence-electron chi connectivity index (χ1n) is 5.36.